The van der Waals surface area contributed by atoms with Crippen molar-refractivity contribution in [3.63, 3.8) is 0 Å². The first-order valence-electron chi connectivity index (χ1n) is 6.41. The summed E-state index contributed by atoms with van der Waals surface area (Å²) < 4.78 is 23.9. The molecule has 1 fully saturated rings. The Hall–Kier alpha value is -2.31. The summed E-state index contributed by atoms with van der Waals surface area (Å²) in [6.45, 7) is 0. The third kappa shape index (κ3) is 2.63. The van der Waals surface area contributed by atoms with Crippen molar-refractivity contribution >= 4 is 11.9 Å². The van der Waals surface area contributed by atoms with Gasteiger partial charge < -0.3 is 19.9 Å². The number of aliphatic carboxylic acids is 1. The summed E-state index contributed by atoms with van der Waals surface area (Å²) in [5.74, 6) is -2.34. The summed E-state index contributed by atoms with van der Waals surface area (Å²) in [5.41, 5.74) is -1.57. The molecule has 0 saturated heterocycles. The average Bonchev–Trinajstić information content (AvgIpc) is 2.41. The van der Waals surface area contributed by atoms with E-state index in [0.29, 0.717) is 19.3 Å². The van der Waals surface area contributed by atoms with E-state index in [2.05, 4.69) is 5.32 Å². The topological polar surface area (TPSA) is 84.9 Å². The standard InChI is InChI=1S/C14H16FNO5/c1-20-10-6-8(9(15)7-11(10)21-2)12(17)16-14(13(18)19)4-3-5-14/h6-7H,3-5H2,1-2H3,(H,16,17)(H,18,19). The normalized spacial score (nSPS) is 15.8. The molecule has 7 heteroatoms. The first-order valence-corrected chi connectivity index (χ1v) is 6.41. The van der Waals surface area contributed by atoms with Crippen LogP contribution >= 0.6 is 0 Å². The van der Waals surface area contributed by atoms with Crippen molar-refractivity contribution < 1.29 is 28.6 Å². The SMILES string of the molecule is COc1cc(F)c(C(=O)NC2(C(=O)O)CCC2)cc1OC. The van der Waals surface area contributed by atoms with E-state index < -0.39 is 23.2 Å². The van der Waals surface area contributed by atoms with Gasteiger partial charge in [-0.2, -0.15) is 0 Å². The van der Waals surface area contributed by atoms with E-state index in [1.54, 1.807) is 0 Å². The van der Waals surface area contributed by atoms with E-state index in [1.807, 2.05) is 0 Å². The van der Waals surface area contributed by atoms with Gasteiger partial charge >= 0.3 is 5.97 Å². The number of ether oxygens (including phenoxy) is 2. The van der Waals surface area contributed by atoms with Crippen LogP contribution in [0.3, 0.4) is 0 Å². The maximum Gasteiger partial charge on any atom is 0.329 e. The molecular weight excluding hydrogens is 281 g/mol. The number of carbonyl (C=O) groups excluding carboxylic acids is 1. The molecular formula is C14H16FNO5. The smallest absolute Gasteiger partial charge is 0.329 e. The molecule has 0 radical (unpaired) electrons. The van der Waals surface area contributed by atoms with E-state index in [4.69, 9.17) is 9.47 Å². The largest absolute Gasteiger partial charge is 0.493 e. The number of amides is 1. The Morgan fingerprint density at radius 2 is 1.81 bits per heavy atom. The van der Waals surface area contributed by atoms with Crippen LogP contribution in [-0.4, -0.2) is 36.7 Å². The molecule has 0 bridgehead atoms. The zero-order valence-electron chi connectivity index (χ0n) is 11.7. The Morgan fingerprint density at radius 3 is 2.24 bits per heavy atom. The van der Waals surface area contributed by atoms with Crippen LogP contribution in [0.2, 0.25) is 0 Å². The van der Waals surface area contributed by atoms with E-state index in [-0.39, 0.29) is 17.1 Å². The fraction of sp³-hybridized carbons (Fsp3) is 0.429. The number of rotatable bonds is 5. The van der Waals surface area contributed by atoms with Crippen LogP contribution in [0.25, 0.3) is 0 Å². The van der Waals surface area contributed by atoms with Crippen molar-refractivity contribution in [3.8, 4) is 11.5 Å². The van der Waals surface area contributed by atoms with Crippen LogP contribution < -0.4 is 14.8 Å². The molecule has 1 aromatic rings. The molecule has 0 heterocycles. The molecule has 114 valence electrons. The van der Waals surface area contributed by atoms with Crippen LogP contribution in [0.5, 0.6) is 11.5 Å². The third-order valence-corrected chi connectivity index (χ3v) is 3.69. The number of carbonyl (C=O) groups is 2. The number of nitrogens with one attached hydrogen (secondary N) is 1. The Balaban J connectivity index is 2.29. The number of carboxylic acids is 1. The molecule has 6 nitrogen and oxygen atoms in total. The predicted molar refractivity (Wildman–Crippen MR) is 71.2 cm³/mol. The second-order valence-electron chi connectivity index (χ2n) is 4.88. The number of hydrogen-bond acceptors (Lipinski definition) is 4. The van der Waals surface area contributed by atoms with E-state index in [1.165, 1.54) is 20.3 Å². The number of carboxylic acid groups (broad SMARTS) is 1. The van der Waals surface area contributed by atoms with Gasteiger partial charge in [-0.15, -0.1) is 0 Å². The van der Waals surface area contributed by atoms with Gasteiger partial charge in [-0.25, -0.2) is 9.18 Å². The zero-order valence-corrected chi connectivity index (χ0v) is 11.7. The minimum atomic E-state index is -1.29. The maximum absolute atomic E-state index is 14.0. The van der Waals surface area contributed by atoms with E-state index in [9.17, 15) is 19.1 Å². The summed E-state index contributed by atoms with van der Waals surface area (Å²) in [6.07, 6.45) is 1.38. The number of benzene rings is 1. The molecule has 0 atom stereocenters. The van der Waals surface area contributed by atoms with E-state index >= 15 is 0 Å². The van der Waals surface area contributed by atoms with Crippen molar-refractivity contribution in [1.29, 1.82) is 0 Å². The van der Waals surface area contributed by atoms with Gasteiger partial charge in [0.15, 0.2) is 11.5 Å². The highest BCUT2D eigenvalue weighted by molar-refractivity contribution is 5.99. The maximum atomic E-state index is 14.0. The minimum Gasteiger partial charge on any atom is -0.493 e. The molecule has 1 amide bonds. The number of halogens is 1. The molecule has 21 heavy (non-hydrogen) atoms. The monoisotopic (exact) mass is 297 g/mol. The molecule has 1 aliphatic rings. The first kappa shape index (κ1) is 15.1. The molecule has 1 saturated carbocycles. The Morgan fingerprint density at radius 1 is 1.24 bits per heavy atom. The van der Waals surface area contributed by atoms with Gasteiger partial charge in [0, 0.05) is 6.07 Å². The van der Waals surface area contributed by atoms with Gasteiger partial charge in [0.05, 0.1) is 19.8 Å². The molecule has 0 aromatic heterocycles. The van der Waals surface area contributed by atoms with Crippen LogP contribution in [0, 0.1) is 5.82 Å². The first-order chi connectivity index (χ1) is 9.93. The number of hydrogen-bond donors (Lipinski definition) is 2. The fourth-order valence-corrected chi connectivity index (χ4v) is 2.24. The highest BCUT2D eigenvalue weighted by Crippen LogP contribution is 2.34. The third-order valence-electron chi connectivity index (χ3n) is 3.69. The minimum absolute atomic E-state index is 0.156. The van der Waals surface area contributed by atoms with Gasteiger partial charge in [-0.1, -0.05) is 0 Å². The van der Waals surface area contributed by atoms with Crippen molar-refractivity contribution in [2.24, 2.45) is 0 Å². The lowest BCUT2D eigenvalue weighted by molar-refractivity contribution is -0.148. The molecule has 1 aromatic carbocycles. The van der Waals surface area contributed by atoms with Gasteiger partial charge in [0.25, 0.3) is 5.91 Å². The van der Waals surface area contributed by atoms with Gasteiger partial charge in [-0.3, -0.25) is 4.79 Å². The van der Waals surface area contributed by atoms with Gasteiger partial charge in [-0.05, 0) is 25.3 Å². The lowest BCUT2D eigenvalue weighted by Crippen LogP contribution is -2.59. The van der Waals surface area contributed by atoms with E-state index in [0.717, 1.165) is 6.07 Å². The second kappa shape index (κ2) is 5.59. The quantitative estimate of drug-likeness (QED) is 0.862. The molecule has 1 aliphatic carbocycles. The Bertz CT molecular complexity index is 583. The van der Waals surface area contributed by atoms with Crippen LogP contribution in [0.1, 0.15) is 29.6 Å². The molecule has 0 aliphatic heterocycles. The highest BCUT2D eigenvalue weighted by Gasteiger charge is 2.46. The summed E-state index contributed by atoms with van der Waals surface area (Å²) in [7, 11) is 2.72. The fourth-order valence-electron chi connectivity index (χ4n) is 2.24. The van der Waals surface area contributed by atoms with Crippen molar-refractivity contribution in [2.45, 2.75) is 24.8 Å². The summed E-state index contributed by atoms with van der Waals surface area (Å²) in [4.78, 5) is 23.4. The van der Waals surface area contributed by atoms with Gasteiger partial charge in [0.1, 0.15) is 11.4 Å². The lowest BCUT2D eigenvalue weighted by atomic mass is 9.76. The average molecular weight is 297 g/mol. The zero-order chi connectivity index (χ0) is 15.6. The molecule has 2 rings (SSSR count). The van der Waals surface area contributed by atoms with Crippen LogP contribution in [0.4, 0.5) is 4.39 Å². The molecule has 2 N–H and O–H groups in total. The van der Waals surface area contributed by atoms with Crippen LogP contribution in [0.15, 0.2) is 12.1 Å². The predicted octanol–water partition coefficient (Wildman–Crippen LogP) is 1.58. The second-order valence-corrected chi connectivity index (χ2v) is 4.88. The lowest BCUT2D eigenvalue weighted by Gasteiger charge is -2.38. The number of methoxy groups -OCH3 is 2. The molecule has 0 spiro atoms. The summed E-state index contributed by atoms with van der Waals surface area (Å²) in [5, 5.41) is 11.6. The summed E-state index contributed by atoms with van der Waals surface area (Å²) in [6, 6.07) is 2.22. The Kier molecular flexibility index (Phi) is 4.02. The van der Waals surface area contributed by atoms with Crippen LogP contribution in [-0.2, 0) is 4.79 Å². The van der Waals surface area contributed by atoms with Crippen molar-refractivity contribution in [2.75, 3.05) is 14.2 Å². The van der Waals surface area contributed by atoms with Gasteiger partial charge in [0.2, 0.25) is 0 Å². The van der Waals surface area contributed by atoms with Crippen molar-refractivity contribution in [3.05, 3.63) is 23.5 Å². The van der Waals surface area contributed by atoms with Crippen molar-refractivity contribution in [1.82, 2.24) is 5.32 Å². The molecule has 0 unspecified atom stereocenters. The Labute approximate surface area is 120 Å². The highest BCUT2D eigenvalue weighted by atomic mass is 19.1. The summed E-state index contributed by atoms with van der Waals surface area (Å²) >= 11 is 0.